The second-order valence-electron chi connectivity index (χ2n) is 9.21. The van der Waals surface area contributed by atoms with Gasteiger partial charge in [0.15, 0.2) is 12.6 Å². The average molecular weight is 541 g/mol. The third-order valence-corrected chi connectivity index (χ3v) is 6.46. The van der Waals surface area contributed by atoms with E-state index in [1.165, 1.54) is 21.0 Å². The van der Waals surface area contributed by atoms with Gasteiger partial charge < -0.3 is 33.7 Å². The van der Waals surface area contributed by atoms with Crippen molar-refractivity contribution in [2.24, 2.45) is 5.11 Å². The Hall–Kier alpha value is -3.51. The van der Waals surface area contributed by atoms with Crippen LogP contribution in [-0.2, 0) is 44.6 Å². The number of ether oxygens (including phenoxy) is 6. The van der Waals surface area contributed by atoms with Crippen LogP contribution in [-0.4, -0.2) is 68.4 Å². The number of azide groups is 1. The first-order valence-corrected chi connectivity index (χ1v) is 12.6. The smallest absolute Gasteiger partial charge is 0.328 e. The minimum Gasteiger partial charge on any atom is -0.467 e. The van der Waals surface area contributed by atoms with Crippen molar-refractivity contribution in [2.75, 3.05) is 13.7 Å². The van der Waals surface area contributed by atoms with E-state index in [2.05, 4.69) is 20.1 Å². The van der Waals surface area contributed by atoms with Crippen LogP contribution in [0.3, 0.4) is 0 Å². The molecule has 12 heteroatoms. The molecule has 0 aromatic heterocycles. The van der Waals surface area contributed by atoms with E-state index in [0.29, 0.717) is 0 Å². The fourth-order valence-electron chi connectivity index (χ4n) is 4.43. The normalized spacial score (nSPS) is 27.8. The van der Waals surface area contributed by atoms with Gasteiger partial charge in [0.25, 0.3) is 0 Å². The number of rotatable bonds is 10. The van der Waals surface area contributed by atoms with Gasteiger partial charge in [0.1, 0.15) is 36.5 Å². The molecular weight excluding hydrogens is 508 g/mol. The molecule has 0 spiro atoms. The number of methoxy groups -OCH3 is 1. The van der Waals surface area contributed by atoms with Crippen LogP contribution < -0.4 is 5.32 Å². The summed E-state index contributed by atoms with van der Waals surface area (Å²) in [6.07, 6.45) is -5.11. The SMILES string of the molecule is COC(=O)[C@H](C)NC(=O)[C@@H](C)OC1[C@@H](N=[N+]=[N-])[C@H](OCc2ccccc2)O[C@@H]2CO[C@H](c3ccccc3)O[C@@H]12. The Balaban J connectivity index is 1.57. The number of nitrogens with one attached hydrogen (secondary N) is 1. The van der Waals surface area contributed by atoms with Gasteiger partial charge in [-0.3, -0.25) is 4.79 Å². The summed E-state index contributed by atoms with van der Waals surface area (Å²) in [4.78, 5) is 27.7. The molecule has 1 amide bonds. The molecule has 2 heterocycles. The molecule has 39 heavy (non-hydrogen) atoms. The van der Waals surface area contributed by atoms with Gasteiger partial charge in [-0.15, -0.1) is 0 Å². The van der Waals surface area contributed by atoms with Crippen LogP contribution in [0.5, 0.6) is 0 Å². The third-order valence-electron chi connectivity index (χ3n) is 6.46. The van der Waals surface area contributed by atoms with Crippen molar-refractivity contribution < 1.29 is 38.0 Å². The first-order valence-electron chi connectivity index (χ1n) is 12.6. The minimum absolute atomic E-state index is 0.151. The fourth-order valence-corrected chi connectivity index (χ4v) is 4.43. The average Bonchev–Trinajstić information content (AvgIpc) is 2.97. The predicted octanol–water partition coefficient (Wildman–Crippen LogP) is 3.17. The summed E-state index contributed by atoms with van der Waals surface area (Å²) < 4.78 is 35.3. The summed E-state index contributed by atoms with van der Waals surface area (Å²) in [5, 5.41) is 6.50. The van der Waals surface area contributed by atoms with Gasteiger partial charge in [-0.2, -0.15) is 0 Å². The van der Waals surface area contributed by atoms with Crippen molar-refractivity contribution in [1.82, 2.24) is 5.32 Å². The van der Waals surface area contributed by atoms with Crippen molar-refractivity contribution in [3.63, 3.8) is 0 Å². The van der Waals surface area contributed by atoms with E-state index in [-0.39, 0.29) is 13.2 Å². The predicted molar refractivity (Wildman–Crippen MR) is 137 cm³/mol. The van der Waals surface area contributed by atoms with Gasteiger partial charge in [-0.05, 0) is 24.9 Å². The quantitative estimate of drug-likeness (QED) is 0.209. The van der Waals surface area contributed by atoms with Crippen LogP contribution in [0.4, 0.5) is 0 Å². The Morgan fingerprint density at radius 3 is 2.46 bits per heavy atom. The molecule has 2 aliphatic rings. The zero-order chi connectivity index (χ0) is 27.8. The maximum absolute atomic E-state index is 12.9. The number of benzene rings is 2. The number of amides is 1. The van der Waals surface area contributed by atoms with E-state index < -0.39 is 61.0 Å². The first-order chi connectivity index (χ1) is 18.9. The monoisotopic (exact) mass is 540 g/mol. The molecule has 0 radical (unpaired) electrons. The van der Waals surface area contributed by atoms with E-state index in [1.54, 1.807) is 0 Å². The lowest BCUT2D eigenvalue weighted by molar-refractivity contribution is -0.349. The zero-order valence-corrected chi connectivity index (χ0v) is 21.9. The lowest BCUT2D eigenvalue weighted by atomic mass is 9.95. The van der Waals surface area contributed by atoms with Crippen molar-refractivity contribution in [1.29, 1.82) is 0 Å². The van der Waals surface area contributed by atoms with Gasteiger partial charge in [0.05, 0.1) is 20.3 Å². The molecule has 4 rings (SSSR count). The largest absolute Gasteiger partial charge is 0.467 e. The fraction of sp³-hybridized carbons (Fsp3) is 0.481. The number of nitrogens with zero attached hydrogens (tertiary/aromatic N) is 3. The van der Waals surface area contributed by atoms with Crippen molar-refractivity contribution in [2.45, 2.75) is 69.5 Å². The topological polar surface area (TPSA) is 150 Å². The molecule has 2 saturated heterocycles. The van der Waals surface area contributed by atoms with Crippen molar-refractivity contribution in [3.05, 3.63) is 82.2 Å². The number of esters is 1. The summed E-state index contributed by atoms with van der Waals surface area (Å²) in [5.41, 5.74) is 11.1. The van der Waals surface area contributed by atoms with E-state index >= 15 is 0 Å². The molecule has 0 saturated carbocycles. The van der Waals surface area contributed by atoms with Crippen molar-refractivity contribution >= 4 is 11.9 Å². The van der Waals surface area contributed by atoms with E-state index in [1.807, 2.05) is 60.7 Å². The van der Waals surface area contributed by atoms with Gasteiger partial charge >= 0.3 is 5.97 Å². The molecule has 8 atom stereocenters. The molecule has 1 N–H and O–H groups in total. The van der Waals surface area contributed by atoms with Gasteiger partial charge in [0, 0.05) is 10.5 Å². The lowest BCUT2D eigenvalue weighted by Gasteiger charge is -2.48. The van der Waals surface area contributed by atoms with Gasteiger partial charge in [0.2, 0.25) is 5.91 Å². The van der Waals surface area contributed by atoms with Crippen LogP contribution in [0.1, 0.15) is 31.3 Å². The molecule has 1 unspecified atom stereocenters. The molecule has 2 fully saturated rings. The van der Waals surface area contributed by atoms with Crippen LogP contribution >= 0.6 is 0 Å². The van der Waals surface area contributed by atoms with Crippen LogP contribution in [0.2, 0.25) is 0 Å². The summed E-state index contributed by atoms with van der Waals surface area (Å²) in [7, 11) is 1.23. The maximum Gasteiger partial charge on any atom is 0.328 e. The lowest BCUT2D eigenvalue weighted by Crippen LogP contribution is -2.63. The highest BCUT2D eigenvalue weighted by Crippen LogP contribution is 2.37. The van der Waals surface area contributed by atoms with Crippen molar-refractivity contribution in [3.8, 4) is 0 Å². The summed E-state index contributed by atoms with van der Waals surface area (Å²) in [5.74, 6) is -1.15. The Bertz CT molecular complexity index is 1150. The minimum atomic E-state index is -1.05. The van der Waals surface area contributed by atoms with Gasteiger partial charge in [-0.25, -0.2) is 4.79 Å². The highest BCUT2D eigenvalue weighted by atomic mass is 16.8. The standard InChI is InChI=1S/C27H32N4O8/c1-16(25(33)34-3)29-24(32)17(2)37-23-21(30-31-28)27(35-14-18-10-6-4-7-11-18)38-20-15-36-26(39-22(20)23)19-12-8-5-9-13-19/h4-13,16-17,20-23,26-27H,14-15H2,1-3H3,(H,29,32)/t16-,17+,20+,21+,22+,23?,26-,27+/m0/s1. The summed E-state index contributed by atoms with van der Waals surface area (Å²) in [6, 6.07) is 16.9. The third kappa shape index (κ3) is 7.12. The Kier molecular flexibility index (Phi) is 9.88. The molecular formula is C27H32N4O8. The molecule has 0 bridgehead atoms. The van der Waals surface area contributed by atoms with E-state index in [9.17, 15) is 15.1 Å². The highest BCUT2D eigenvalue weighted by Gasteiger charge is 2.51. The maximum atomic E-state index is 12.9. The van der Waals surface area contributed by atoms with E-state index in [4.69, 9.17) is 23.7 Å². The molecule has 208 valence electrons. The second kappa shape index (κ2) is 13.5. The van der Waals surface area contributed by atoms with E-state index in [0.717, 1.165) is 11.1 Å². The first kappa shape index (κ1) is 28.5. The number of carbonyl (C=O) groups excluding carboxylic acids is 2. The number of carbonyl (C=O) groups is 2. The zero-order valence-electron chi connectivity index (χ0n) is 21.9. The summed E-state index contributed by atoms with van der Waals surface area (Å²) >= 11 is 0. The number of fused-ring (bicyclic) bond motifs is 1. The van der Waals surface area contributed by atoms with Crippen LogP contribution in [0.25, 0.3) is 10.4 Å². The molecule has 12 nitrogen and oxygen atoms in total. The van der Waals surface area contributed by atoms with Crippen LogP contribution in [0.15, 0.2) is 65.8 Å². The van der Waals surface area contributed by atoms with Gasteiger partial charge in [-0.1, -0.05) is 65.8 Å². The molecule has 2 aliphatic heterocycles. The Morgan fingerprint density at radius 2 is 1.79 bits per heavy atom. The number of hydrogen-bond acceptors (Lipinski definition) is 9. The van der Waals surface area contributed by atoms with Crippen LogP contribution in [0, 0.1) is 0 Å². The summed E-state index contributed by atoms with van der Waals surface area (Å²) in [6.45, 7) is 3.38. The molecule has 2 aromatic carbocycles. The highest BCUT2D eigenvalue weighted by molar-refractivity contribution is 5.86. The molecule has 0 aliphatic carbocycles. The second-order valence-corrected chi connectivity index (χ2v) is 9.21. The molecule has 2 aromatic rings. The Morgan fingerprint density at radius 1 is 1.10 bits per heavy atom. The number of hydrogen-bond donors (Lipinski definition) is 1. The Labute approximate surface area is 226 Å².